The molecule has 0 radical (unpaired) electrons. The average molecular weight is 503 g/mol. The largest absolute Gasteiger partial charge is 0.497 e. The molecule has 0 saturated carbocycles. The van der Waals surface area contributed by atoms with Crippen LogP contribution in [0.2, 0.25) is 0 Å². The van der Waals surface area contributed by atoms with Gasteiger partial charge in [0.05, 0.1) is 24.8 Å². The number of amides is 1. The maximum atomic E-state index is 13.7. The molecule has 184 valence electrons. The molecule has 8 heteroatoms. The highest BCUT2D eigenvalue weighted by Gasteiger charge is 2.30. The molecule has 0 aliphatic carbocycles. The molecule has 4 rings (SSSR count). The van der Waals surface area contributed by atoms with Crippen molar-refractivity contribution in [1.82, 2.24) is 0 Å². The van der Waals surface area contributed by atoms with Gasteiger partial charge in [-0.2, -0.15) is 0 Å². The van der Waals surface area contributed by atoms with Crippen LogP contribution < -0.4 is 19.1 Å². The first-order valence-corrected chi connectivity index (χ1v) is 12.6. The summed E-state index contributed by atoms with van der Waals surface area (Å²) < 4.78 is 39.1. The summed E-state index contributed by atoms with van der Waals surface area (Å²) in [4.78, 5) is 13.4. The van der Waals surface area contributed by atoms with E-state index in [9.17, 15) is 13.2 Å². The van der Waals surface area contributed by atoms with E-state index in [-0.39, 0.29) is 16.3 Å². The van der Waals surface area contributed by atoms with Gasteiger partial charge in [0.15, 0.2) is 0 Å². The maximum Gasteiger partial charge on any atom is 0.264 e. The summed E-state index contributed by atoms with van der Waals surface area (Å²) in [6, 6.07) is 29.7. The van der Waals surface area contributed by atoms with Gasteiger partial charge in [-0.1, -0.05) is 66.7 Å². The van der Waals surface area contributed by atoms with Gasteiger partial charge < -0.3 is 14.8 Å². The zero-order valence-corrected chi connectivity index (χ0v) is 20.7. The lowest BCUT2D eigenvalue weighted by Crippen LogP contribution is -2.38. The van der Waals surface area contributed by atoms with E-state index in [0.29, 0.717) is 11.4 Å². The van der Waals surface area contributed by atoms with Crippen molar-refractivity contribution in [2.45, 2.75) is 4.90 Å². The smallest absolute Gasteiger partial charge is 0.264 e. The monoisotopic (exact) mass is 502 g/mol. The van der Waals surface area contributed by atoms with Gasteiger partial charge in [-0.25, -0.2) is 8.42 Å². The highest BCUT2D eigenvalue weighted by molar-refractivity contribution is 7.92. The maximum absolute atomic E-state index is 13.7. The molecular formula is C28H26N2O5S. The van der Waals surface area contributed by atoms with Crippen LogP contribution >= 0.6 is 0 Å². The van der Waals surface area contributed by atoms with Gasteiger partial charge in [0.1, 0.15) is 18.0 Å². The van der Waals surface area contributed by atoms with Gasteiger partial charge in [-0.05, 0) is 35.9 Å². The third kappa shape index (κ3) is 5.34. The molecular weight excluding hydrogens is 476 g/mol. The summed E-state index contributed by atoms with van der Waals surface area (Å²) in [5.74, 6) is 0.246. The van der Waals surface area contributed by atoms with Crippen LogP contribution in [0, 0.1) is 0 Å². The Morgan fingerprint density at radius 3 is 2.11 bits per heavy atom. The predicted molar refractivity (Wildman–Crippen MR) is 141 cm³/mol. The molecule has 0 unspecified atom stereocenters. The lowest BCUT2D eigenvalue weighted by atomic mass is 10.0. The molecule has 1 N–H and O–H groups in total. The molecule has 0 spiro atoms. The van der Waals surface area contributed by atoms with Crippen molar-refractivity contribution in [2.75, 3.05) is 30.4 Å². The molecule has 36 heavy (non-hydrogen) atoms. The van der Waals surface area contributed by atoms with Crippen LogP contribution in [0.4, 0.5) is 11.4 Å². The second-order valence-electron chi connectivity index (χ2n) is 7.82. The van der Waals surface area contributed by atoms with E-state index in [2.05, 4.69) is 5.32 Å². The highest BCUT2D eigenvalue weighted by atomic mass is 32.2. The van der Waals surface area contributed by atoms with Gasteiger partial charge >= 0.3 is 0 Å². The Hall–Kier alpha value is -4.30. The summed E-state index contributed by atoms with van der Waals surface area (Å²) in [5.41, 5.74) is 2.55. The number of sulfonamides is 1. The SMILES string of the molecule is COc1ccc(N(CC(=O)Nc2ccccc2-c2ccccc2)S(=O)(=O)c2ccccc2)c(OC)c1. The van der Waals surface area contributed by atoms with Crippen molar-refractivity contribution >= 4 is 27.3 Å². The Labute approximate surface area is 211 Å². The Kier molecular flexibility index (Phi) is 7.56. The fourth-order valence-corrected chi connectivity index (χ4v) is 5.24. The van der Waals surface area contributed by atoms with E-state index in [1.165, 1.54) is 26.4 Å². The number of hydrogen-bond acceptors (Lipinski definition) is 5. The number of nitrogens with zero attached hydrogens (tertiary/aromatic N) is 1. The van der Waals surface area contributed by atoms with E-state index < -0.39 is 22.5 Å². The number of anilines is 2. The Morgan fingerprint density at radius 2 is 1.44 bits per heavy atom. The first-order chi connectivity index (χ1) is 17.4. The Morgan fingerprint density at radius 1 is 0.806 bits per heavy atom. The fraction of sp³-hybridized carbons (Fsp3) is 0.107. The van der Waals surface area contributed by atoms with Crippen molar-refractivity contribution in [1.29, 1.82) is 0 Å². The summed E-state index contributed by atoms with van der Waals surface area (Å²) >= 11 is 0. The molecule has 7 nitrogen and oxygen atoms in total. The van der Waals surface area contributed by atoms with Crippen LogP contribution in [0.15, 0.2) is 108 Å². The molecule has 4 aromatic rings. The first-order valence-electron chi connectivity index (χ1n) is 11.2. The summed E-state index contributed by atoms with van der Waals surface area (Å²) in [5, 5.41) is 2.88. The number of rotatable bonds is 9. The van der Waals surface area contributed by atoms with Gasteiger partial charge in [0, 0.05) is 17.3 Å². The van der Waals surface area contributed by atoms with Gasteiger partial charge in [0.2, 0.25) is 5.91 Å². The molecule has 4 aromatic carbocycles. The van der Waals surface area contributed by atoms with Gasteiger partial charge in [-0.15, -0.1) is 0 Å². The molecule has 0 aromatic heterocycles. The summed E-state index contributed by atoms with van der Waals surface area (Å²) in [6.07, 6.45) is 0. The minimum Gasteiger partial charge on any atom is -0.497 e. The van der Waals surface area contributed by atoms with Crippen molar-refractivity contribution in [2.24, 2.45) is 0 Å². The topological polar surface area (TPSA) is 84.9 Å². The van der Waals surface area contributed by atoms with Crippen LogP contribution in [0.25, 0.3) is 11.1 Å². The first kappa shape index (κ1) is 24.8. The zero-order valence-electron chi connectivity index (χ0n) is 19.9. The molecule has 0 atom stereocenters. The third-order valence-corrected chi connectivity index (χ3v) is 7.33. The lowest BCUT2D eigenvalue weighted by Gasteiger charge is -2.26. The van der Waals surface area contributed by atoms with Crippen LogP contribution in [-0.2, 0) is 14.8 Å². The van der Waals surface area contributed by atoms with Crippen molar-refractivity contribution < 1.29 is 22.7 Å². The normalized spacial score (nSPS) is 10.9. The second kappa shape index (κ2) is 11.0. The molecule has 0 saturated heterocycles. The number of ether oxygens (including phenoxy) is 2. The molecule has 0 heterocycles. The van der Waals surface area contributed by atoms with E-state index in [4.69, 9.17) is 9.47 Å². The van der Waals surface area contributed by atoms with Gasteiger partial charge in [0.25, 0.3) is 10.0 Å². The number of para-hydroxylation sites is 1. The lowest BCUT2D eigenvalue weighted by molar-refractivity contribution is -0.114. The third-order valence-electron chi connectivity index (χ3n) is 5.56. The summed E-state index contributed by atoms with van der Waals surface area (Å²) in [6.45, 7) is -0.469. The Bertz CT molecular complexity index is 1440. The van der Waals surface area contributed by atoms with E-state index in [1.54, 1.807) is 42.5 Å². The standard InChI is InChI=1S/C28H26N2O5S/c1-34-22-17-18-26(27(19-22)35-2)30(36(32,33)23-13-7-4-8-14-23)20-28(31)29-25-16-10-9-15-24(25)21-11-5-3-6-12-21/h3-19H,20H2,1-2H3,(H,29,31). The zero-order chi connectivity index (χ0) is 25.5. The van der Waals surface area contributed by atoms with Crippen molar-refractivity contribution in [3.8, 4) is 22.6 Å². The van der Waals surface area contributed by atoms with Crippen LogP contribution in [0.1, 0.15) is 0 Å². The van der Waals surface area contributed by atoms with Crippen molar-refractivity contribution in [3.05, 3.63) is 103 Å². The minimum absolute atomic E-state index is 0.0559. The number of hydrogen-bond donors (Lipinski definition) is 1. The molecule has 0 aliphatic heterocycles. The van der Waals surface area contributed by atoms with E-state index >= 15 is 0 Å². The molecule has 0 bridgehead atoms. The molecule has 0 aliphatic rings. The van der Waals surface area contributed by atoms with Crippen LogP contribution in [0.3, 0.4) is 0 Å². The highest BCUT2D eigenvalue weighted by Crippen LogP contribution is 2.35. The second-order valence-corrected chi connectivity index (χ2v) is 9.68. The molecule has 1 amide bonds. The van der Waals surface area contributed by atoms with Gasteiger partial charge in [-0.3, -0.25) is 9.10 Å². The predicted octanol–water partition coefficient (Wildman–Crippen LogP) is 5.20. The summed E-state index contributed by atoms with van der Waals surface area (Å²) in [7, 11) is -1.17. The number of carbonyl (C=O) groups excluding carboxylic acids is 1. The number of nitrogens with one attached hydrogen (secondary N) is 1. The average Bonchev–Trinajstić information content (AvgIpc) is 2.92. The number of carbonyl (C=O) groups is 1. The molecule has 0 fully saturated rings. The van der Waals surface area contributed by atoms with E-state index in [1.807, 2.05) is 48.5 Å². The Balaban J connectivity index is 1.72. The fourth-order valence-electron chi connectivity index (χ4n) is 3.79. The number of benzene rings is 4. The van der Waals surface area contributed by atoms with Crippen molar-refractivity contribution in [3.63, 3.8) is 0 Å². The number of methoxy groups -OCH3 is 2. The van der Waals surface area contributed by atoms with E-state index in [0.717, 1.165) is 15.4 Å². The quantitative estimate of drug-likeness (QED) is 0.340. The van der Waals surface area contributed by atoms with Crippen LogP contribution in [-0.4, -0.2) is 35.1 Å². The van der Waals surface area contributed by atoms with Crippen LogP contribution in [0.5, 0.6) is 11.5 Å². The minimum atomic E-state index is -4.10.